The highest BCUT2D eigenvalue weighted by Crippen LogP contribution is 2.52. The number of hydrogen-bond donors (Lipinski definition) is 0. The van der Waals surface area contributed by atoms with Gasteiger partial charge in [0, 0.05) is 16.5 Å². The topological polar surface area (TPSA) is 13.1 Å². The van der Waals surface area contributed by atoms with Gasteiger partial charge in [0.25, 0.3) is 6.73 Å². The van der Waals surface area contributed by atoms with Crippen LogP contribution < -0.4 is 9.30 Å². The van der Waals surface area contributed by atoms with Crippen molar-refractivity contribution in [3.8, 4) is 28.1 Å². The smallest absolute Gasteiger partial charge is 0.292 e. The number of ether oxygens (including phenoxy) is 1. The first-order valence-electron chi connectivity index (χ1n) is 8.06. The molecule has 23 heavy (non-hydrogen) atoms. The van der Waals surface area contributed by atoms with Gasteiger partial charge in [-0.1, -0.05) is 56.3 Å². The summed E-state index contributed by atoms with van der Waals surface area (Å²) in [6, 6.07) is 19.4. The summed E-state index contributed by atoms with van der Waals surface area (Å²) in [4.78, 5) is 0. The van der Waals surface area contributed by atoms with Gasteiger partial charge in [-0.3, -0.25) is 0 Å². The summed E-state index contributed by atoms with van der Waals surface area (Å²) >= 11 is 0. The molecule has 1 aromatic heterocycles. The molecule has 112 valence electrons. The number of hydrogen-bond acceptors (Lipinski definition) is 1. The lowest BCUT2D eigenvalue weighted by Gasteiger charge is -2.20. The second-order valence-electron chi connectivity index (χ2n) is 6.90. The summed E-state index contributed by atoms with van der Waals surface area (Å²) in [5.74, 6) is 1.02. The first kappa shape index (κ1) is 12.9. The molecule has 0 saturated heterocycles. The Morgan fingerprint density at radius 1 is 0.913 bits per heavy atom. The average molecular weight is 300 g/mol. The molecule has 0 bridgehead atoms. The summed E-state index contributed by atoms with van der Waals surface area (Å²) in [6.07, 6.45) is 2.22. The molecule has 1 aliphatic heterocycles. The van der Waals surface area contributed by atoms with Crippen LogP contribution in [-0.2, 0) is 12.1 Å². The maximum Gasteiger partial charge on any atom is 0.292 e. The molecule has 5 rings (SSSR count). The predicted molar refractivity (Wildman–Crippen MR) is 90.3 cm³/mol. The minimum Gasteiger partial charge on any atom is -0.435 e. The van der Waals surface area contributed by atoms with Crippen LogP contribution in [0, 0.1) is 0 Å². The van der Waals surface area contributed by atoms with Gasteiger partial charge in [0.2, 0.25) is 5.69 Å². The van der Waals surface area contributed by atoms with E-state index in [1.807, 2.05) is 0 Å². The Labute approximate surface area is 136 Å². The summed E-state index contributed by atoms with van der Waals surface area (Å²) in [5, 5.41) is 0. The molecule has 3 aromatic rings. The van der Waals surface area contributed by atoms with Gasteiger partial charge in [-0.2, -0.15) is 4.57 Å². The lowest BCUT2D eigenvalue weighted by molar-refractivity contribution is -0.717. The molecule has 2 nitrogen and oxygen atoms in total. The Kier molecular flexibility index (Phi) is 2.37. The molecule has 0 saturated carbocycles. The molecule has 0 N–H and O–H groups in total. The first-order valence-corrected chi connectivity index (χ1v) is 8.06. The zero-order chi connectivity index (χ0) is 15.6. The predicted octanol–water partition coefficient (Wildman–Crippen LogP) is 4.30. The zero-order valence-electron chi connectivity index (χ0n) is 13.3. The molecule has 0 fully saturated rings. The maximum absolute atomic E-state index is 6.01. The molecule has 0 radical (unpaired) electrons. The Bertz CT molecular complexity index is 942. The van der Waals surface area contributed by atoms with Gasteiger partial charge in [0.1, 0.15) is 5.75 Å². The average Bonchev–Trinajstić information content (AvgIpc) is 2.83. The van der Waals surface area contributed by atoms with Crippen molar-refractivity contribution < 1.29 is 9.30 Å². The van der Waals surface area contributed by atoms with E-state index in [0.717, 1.165) is 5.75 Å². The van der Waals surface area contributed by atoms with Gasteiger partial charge in [-0.25, -0.2) is 0 Å². The Hall–Kier alpha value is -2.61. The Balaban J connectivity index is 1.85. The highest BCUT2D eigenvalue weighted by molar-refractivity contribution is 5.82. The van der Waals surface area contributed by atoms with Crippen LogP contribution in [-0.4, -0.2) is 0 Å². The molecule has 1 aliphatic carbocycles. The molecule has 0 atom stereocenters. The van der Waals surface area contributed by atoms with Crippen molar-refractivity contribution in [1.29, 1.82) is 0 Å². The number of aromatic nitrogens is 1. The fraction of sp³-hybridized carbons (Fsp3) is 0.190. The second kappa shape index (κ2) is 4.23. The van der Waals surface area contributed by atoms with Crippen molar-refractivity contribution in [2.75, 3.05) is 0 Å². The highest BCUT2D eigenvalue weighted by Gasteiger charge is 2.45. The molecular weight excluding hydrogens is 282 g/mol. The molecule has 2 aliphatic rings. The monoisotopic (exact) mass is 300 g/mol. The van der Waals surface area contributed by atoms with E-state index in [0.29, 0.717) is 6.73 Å². The number of pyridine rings is 1. The van der Waals surface area contributed by atoms with Gasteiger partial charge >= 0.3 is 0 Å². The minimum absolute atomic E-state index is 0.000910. The van der Waals surface area contributed by atoms with E-state index < -0.39 is 0 Å². The van der Waals surface area contributed by atoms with E-state index in [9.17, 15) is 0 Å². The third-order valence-electron chi connectivity index (χ3n) is 5.21. The van der Waals surface area contributed by atoms with Crippen molar-refractivity contribution >= 4 is 0 Å². The highest BCUT2D eigenvalue weighted by atomic mass is 16.5. The van der Waals surface area contributed by atoms with E-state index in [2.05, 4.69) is 79.2 Å². The van der Waals surface area contributed by atoms with Crippen LogP contribution >= 0.6 is 0 Å². The van der Waals surface area contributed by atoms with Crippen molar-refractivity contribution in [3.63, 3.8) is 0 Å². The Morgan fingerprint density at radius 2 is 1.74 bits per heavy atom. The maximum atomic E-state index is 6.01. The van der Waals surface area contributed by atoms with Crippen LogP contribution in [0.15, 0.2) is 60.8 Å². The van der Waals surface area contributed by atoms with Gasteiger partial charge in [0.15, 0.2) is 6.20 Å². The first-order chi connectivity index (χ1) is 11.2. The number of nitrogens with zero attached hydrogens (tertiary/aromatic N) is 1. The Morgan fingerprint density at radius 3 is 2.57 bits per heavy atom. The van der Waals surface area contributed by atoms with Gasteiger partial charge in [0.05, 0.1) is 5.56 Å². The van der Waals surface area contributed by atoms with Crippen molar-refractivity contribution in [1.82, 2.24) is 0 Å². The largest absolute Gasteiger partial charge is 0.435 e. The van der Waals surface area contributed by atoms with Crippen LogP contribution in [0.25, 0.3) is 22.4 Å². The standard InChI is InChI=1S/C21H18NO/c1-21(2)16-9-6-10-18-19(16)20-17(21)11-15(12-22(20)13-23-18)14-7-4-3-5-8-14/h3-12H,13H2,1-2H3/q+1. The van der Waals surface area contributed by atoms with Gasteiger partial charge < -0.3 is 4.74 Å². The lowest BCUT2D eigenvalue weighted by Crippen LogP contribution is -2.42. The normalized spacial score (nSPS) is 15.9. The van der Waals surface area contributed by atoms with E-state index in [4.69, 9.17) is 4.74 Å². The van der Waals surface area contributed by atoms with Crippen LogP contribution in [0.4, 0.5) is 0 Å². The van der Waals surface area contributed by atoms with Gasteiger partial charge in [-0.05, 0) is 23.3 Å². The molecule has 0 unspecified atom stereocenters. The summed E-state index contributed by atoms with van der Waals surface area (Å²) in [7, 11) is 0. The van der Waals surface area contributed by atoms with Crippen molar-refractivity contribution in [3.05, 3.63) is 71.9 Å². The third-order valence-corrected chi connectivity index (χ3v) is 5.21. The number of benzene rings is 2. The fourth-order valence-corrected chi connectivity index (χ4v) is 3.99. The van der Waals surface area contributed by atoms with Gasteiger partial charge in [-0.15, -0.1) is 0 Å². The van der Waals surface area contributed by atoms with Crippen LogP contribution in [0.1, 0.15) is 25.0 Å². The molecule has 2 heteroatoms. The molecular formula is C21H18NO+. The molecule has 2 heterocycles. The second-order valence-corrected chi connectivity index (χ2v) is 6.90. The van der Waals surface area contributed by atoms with E-state index in [1.54, 1.807) is 0 Å². The summed E-state index contributed by atoms with van der Waals surface area (Å²) < 4.78 is 8.27. The van der Waals surface area contributed by atoms with Crippen molar-refractivity contribution in [2.45, 2.75) is 26.0 Å². The van der Waals surface area contributed by atoms with Crippen LogP contribution in [0.2, 0.25) is 0 Å². The van der Waals surface area contributed by atoms with E-state index >= 15 is 0 Å². The van der Waals surface area contributed by atoms with E-state index in [-0.39, 0.29) is 5.41 Å². The zero-order valence-corrected chi connectivity index (χ0v) is 13.3. The van der Waals surface area contributed by atoms with Crippen LogP contribution in [0.3, 0.4) is 0 Å². The lowest BCUT2D eigenvalue weighted by atomic mass is 9.82. The minimum atomic E-state index is 0.000910. The van der Waals surface area contributed by atoms with Crippen molar-refractivity contribution in [2.24, 2.45) is 0 Å². The summed E-state index contributed by atoms with van der Waals surface area (Å²) in [5.41, 5.74) is 7.85. The van der Waals surface area contributed by atoms with Crippen LogP contribution in [0.5, 0.6) is 5.75 Å². The van der Waals surface area contributed by atoms with E-state index in [1.165, 1.54) is 33.5 Å². The number of rotatable bonds is 1. The fourth-order valence-electron chi connectivity index (χ4n) is 3.99. The SMILES string of the molecule is CC1(C)c2cccc3c2-c2c1cc(-c1ccccc1)c[n+]2CO3. The molecule has 2 aromatic carbocycles. The molecule has 0 amide bonds. The molecule has 0 spiro atoms. The quantitative estimate of drug-likeness (QED) is 0.611. The third kappa shape index (κ3) is 1.61. The summed E-state index contributed by atoms with van der Waals surface area (Å²) in [6.45, 7) is 5.20.